The smallest absolute Gasteiger partial charge is 0.315 e. The molecule has 1 aliphatic rings. The van der Waals surface area contributed by atoms with Crippen LogP contribution in [0.5, 0.6) is 0 Å². The summed E-state index contributed by atoms with van der Waals surface area (Å²) in [6, 6.07) is 5.83. The van der Waals surface area contributed by atoms with Crippen LogP contribution in [0, 0.1) is 0 Å². The lowest BCUT2D eigenvalue weighted by atomic mass is 9.93. The number of ether oxygens (including phenoxy) is 1. The number of carbonyl (C=O) groups is 2. The van der Waals surface area contributed by atoms with Gasteiger partial charge in [0.05, 0.1) is 5.92 Å². The van der Waals surface area contributed by atoms with Gasteiger partial charge in [0, 0.05) is 25.5 Å². The largest absolute Gasteiger partial charge is 0.459 e. The van der Waals surface area contributed by atoms with Crippen LogP contribution in [0.25, 0.3) is 0 Å². The highest BCUT2D eigenvalue weighted by atomic mass is 32.2. The minimum atomic E-state index is -0.517. The zero-order chi connectivity index (χ0) is 17.9. The molecular weight excluding hydrogens is 324 g/mol. The van der Waals surface area contributed by atoms with E-state index >= 15 is 0 Å². The second-order valence-corrected chi connectivity index (χ2v) is 8.12. The summed E-state index contributed by atoms with van der Waals surface area (Å²) in [7, 11) is 3.48. The van der Waals surface area contributed by atoms with Gasteiger partial charge in [-0.2, -0.15) is 0 Å². The molecule has 1 heterocycles. The minimum absolute atomic E-state index is 0.0191. The van der Waals surface area contributed by atoms with Crippen LogP contribution in [0.2, 0.25) is 0 Å². The number of carbonyl (C=O) groups excluding carboxylic acids is 2. The monoisotopic (exact) mass is 350 g/mol. The molecule has 0 saturated carbocycles. The number of esters is 1. The zero-order valence-electron chi connectivity index (χ0n) is 15.0. The molecule has 1 N–H and O–H groups in total. The normalized spacial score (nSPS) is 17.6. The van der Waals surface area contributed by atoms with Crippen molar-refractivity contribution in [2.24, 2.45) is 0 Å². The molecule has 1 aromatic rings. The van der Waals surface area contributed by atoms with E-state index in [1.54, 1.807) is 19.0 Å². The molecule has 0 spiro atoms. The van der Waals surface area contributed by atoms with Gasteiger partial charge in [0.2, 0.25) is 0 Å². The summed E-state index contributed by atoms with van der Waals surface area (Å²) in [5, 5.41) is 3.29. The number of amides is 1. The van der Waals surface area contributed by atoms with E-state index in [4.69, 9.17) is 4.74 Å². The van der Waals surface area contributed by atoms with Crippen molar-refractivity contribution in [3.05, 3.63) is 29.3 Å². The van der Waals surface area contributed by atoms with Crippen molar-refractivity contribution >= 4 is 23.0 Å². The first kappa shape index (κ1) is 18.8. The van der Waals surface area contributed by atoms with Gasteiger partial charge < -0.3 is 15.0 Å². The molecular formula is C18H26N2O3S. The van der Waals surface area contributed by atoms with Crippen LogP contribution in [0.4, 0.5) is 4.79 Å². The lowest BCUT2D eigenvalue weighted by Gasteiger charge is -2.24. The van der Waals surface area contributed by atoms with Gasteiger partial charge in [0.25, 0.3) is 5.24 Å². The first-order chi connectivity index (χ1) is 11.2. The summed E-state index contributed by atoms with van der Waals surface area (Å²) in [5.74, 6) is -0.573. The number of fused-ring (bicyclic) bond motifs is 1. The molecule has 1 aromatic carbocycles. The first-order valence-electron chi connectivity index (χ1n) is 8.13. The molecule has 0 aliphatic carbocycles. The van der Waals surface area contributed by atoms with E-state index in [1.807, 2.05) is 39.0 Å². The Morgan fingerprint density at radius 3 is 2.62 bits per heavy atom. The molecule has 0 fully saturated rings. The van der Waals surface area contributed by atoms with Crippen LogP contribution in [-0.2, 0) is 16.0 Å². The number of nitrogens with one attached hydrogen (secondary N) is 1. The Bertz CT molecular complexity index is 623. The highest BCUT2D eigenvalue weighted by Crippen LogP contribution is 2.33. The molecule has 0 bridgehead atoms. The van der Waals surface area contributed by atoms with Crippen LogP contribution in [-0.4, -0.2) is 48.9 Å². The number of hydrogen-bond acceptors (Lipinski definition) is 5. The third-order valence-electron chi connectivity index (χ3n) is 3.70. The lowest BCUT2D eigenvalue weighted by molar-refractivity contribution is -0.156. The van der Waals surface area contributed by atoms with E-state index in [-0.39, 0.29) is 17.1 Å². The Kier molecular flexibility index (Phi) is 5.93. The maximum absolute atomic E-state index is 12.6. The van der Waals surface area contributed by atoms with Gasteiger partial charge in [-0.25, -0.2) is 0 Å². The van der Waals surface area contributed by atoms with Crippen molar-refractivity contribution < 1.29 is 14.3 Å². The standard InChI is InChI=1S/C18H26N2O3S/c1-18(2,3)23-16(21)14-11-19-10-9-13-12(14)7-6-8-15(13)24-17(22)20(4)5/h6-8,14,19H,9-11H2,1-5H3. The van der Waals surface area contributed by atoms with Crippen molar-refractivity contribution in [1.29, 1.82) is 0 Å². The second kappa shape index (κ2) is 7.57. The zero-order valence-corrected chi connectivity index (χ0v) is 15.8. The molecule has 1 aliphatic heterocycles. The van der Waals surface area contributed by atoms with E-state index in [2.05, 4.69) is 5.32 Å². The van der Waals surface area contributed by atoms with E-state index in [0.29, 0.717) is 6.54 Å². The SMILES string of the molecule is CN(C)C(=O)Sc1cccc2c1CCNCC2C(=O)OC(C)(C)C. The lowest BCUT2D eigenvalue weighted by Crippen LogP contribution is -2.32. The third kappa shape index (κ3) is 4.74. The molecule has 5 nitrogen and oxygen atoms in total. The third-order valence-corrected chi connectivity index (χ3v) is 4.84. The quantitative estimate of drug-likeness (QED) is 0.656. The van der Waals surface area contributed by atoms with Gasteiger partial charge in [0.15, 0.2) is 0 Å². The molecule has 2 rings (SSSR count). The summed E-state index contributed by atoms with van der Waals surface area (Å²) < 4.78 is 5.59. The fourth-order valence-electron chi connectivity index (χ4n) is 2.61. The Balaban J connectivity index is 2.35. The van der Waals surface area contributed by atoms with Gasteiger partial charge >= 0.3 is 5.97 Å². The van der Waals surface area contributed by atoms with Gasteiger partial charge in [-0.05, 0) is 62.7 Å². The maximum Gasteiger partial charge on any atom is 0.315 e. The summed E-state index contributed by atoms with van der Waals surface area (Å²) in [6.45, 7) is 6.95. The van der Waals surface area contributed by atoms with E-state index in [1.165, 1.54) is 11.8 Å². The van der Waals surface area contributed by atoms with Gasteiger partial charge in [-0.1, -0.05) is 12.1 Å². The maximum atomic E-state index is 12.6. The van der Waals surface area contributed by atoms with Gasteiger partial charge in [-0.15, -0.1) is 0 Å². The molecule has 0 radical (unpaired) electrons. The van der Waals surface area contributed by atoms with E-state index in [9.17, 15) is 9.59 Å². The number of hydrogen-bond donors (Lipinski definition) is 1. The fourth-order valence-corrected chi connectivity index (χ4v) is 3.47. The molecule has 0 saturated heterocycles. The summed E-state index contributed by atoms with van der Waals surface area (Å²) >= 11 is 1.21. The van der Waals surface area contributed by atoms with Crippen molar-refractivity contribution in [1.82, 2.24) is 10.2 Å². The van der Waals surface area contributed by atoms with Crippen LogP contribution in [0.1, 0.15) is 37.8 Å². The van der Waals surface area contributed by atoms with Crippen molar-refractivity contribution in [3.63, 3.8) is 0 Å². The van der Waals surface area contributed by atoms with Crippen LogP contribution >= 0.6 is 11.8 Å². The topological polar surface area (TPSA) is 58.6 Å². The van der Waals surface area contributed by atoms with Gasteiger partial charge in [-0.3, -0.25) is 9.59 Å². The molecule has 0 aromatic heterocycles. The Hall–Kier alpha value is -1.53. The molecule has 24 heavy (non-hydrogen) atoms. The Morgan fingerprint density at radius 1 is 1.29 bits per heavy atom. The van der Waals surface area contributed by atoms with Crippen LogP contribution in [0.15, 0.2) is 23.1 Å². The highest BCUT2D eigenvalue weighted by Gasteiger charge is 2.30. The van der Waals surface area contributed by atoms with Crippen LogP contribution in [0.3, 0.4) is 0 Å². The predicted octanol–water partition coefficient (Wildman–Crippen LogP) is 3.03. The molecule has 132 valence electrons. The molecule has 6 heteroatoms. The van der Waals surface area contributed by atoms with Gasteiger partial charge in [0.1, 0.15) is 5.60 Å². The highest BCUT2D eigenvalue weighted by molar-refractivity contribution is 8.13. The molecule has 1 unspecified atom stereocenters. The van der Waals surface area contributed by atoms with Crippen molar-refractivity contribution in [2.75, 3.05) is 27.2 Å². The second-order valence-electron chi connectivity index (χ2n) is 7.13. The number of benzene rings is 1. The van der Waals surface area contributed by atoms with Crippen LogP contribution < -0.4 is 5.32 Å². The molecule has 1 atom stereocenters. The first-order valence-corrected chi connectivity index (χ1v) is 8.95. The average Bonchev–Trinajstić information content (AvgIpc) is 2.68. The Labute approximate surface area is 148 Å². The Morgan fingerprint density at radius 2 is 2.00 bits per heavy atom. The number of rotatable bonds is 2. The number of nitrogens with zero attached hydrogens (tertiary/aromatic N) is 1. The van der Waals surface area contributed by atoms with E-state index in [0.717, 1.165) is 29.0 Å². The van der Waals surface area contributed by atoms with E-state index < -0.39 is 5.60 Å². The number of thioether (sulfide) groups is 1. The minimum Gasteiger partial charge on any atom is -0.459 e. The predicted molar refractivity (Wildman–Crippen MR) is 96.5 cm³/mol. The summed E-state index contributed by atoms with van der Waals surface area (Å²) in [4.78, 5) is 27.2. The molecule has 1 amide bonds. The van der Waals surface area contributed by atoms with Crippen molar-refractivity contribution in [2.45, 2.75) is 43.6 Å². The fraction of sp³-hybridized carbons (Fsp3) is 0.556. The van der Waals surface area contributed by atoms with Crippen molar-refractivity contribution in [3.8, 4) is 0 Å². The summed E-state index contributed by atoms with van der Waals surface area (Å²) in [6.07, 6.45) is 0.790. The summed E-state index contributed by atoms with van der Waals surface area (Å²) in [5.41, 5.74) is 1.51. The average molecular weight is 350 g/mol.